The summed E-state index contributed by atoms with van der Waals surface area (Å²) in [5.74, 6) is -0.0830. The van der Waals surface area contributed by atoms with Crippen LogP contribution in [0.2, 0.25) is 0 Å². The fraction of sp³-hybridized carbons (Fsp3) is 0.600. The van der Waals surface area contributed by atoms with Gasteiger partial charge in [0.05, 0.1) is 12.2 Å². The second-order valence-electron chi connectivity index (χ2n) is 7.23. The average Bonchev–Trinajstić information content (AvgIpc) is 2.24. The lowest BCUT2D eigenvalue weighted by atomic mass is 10.0. The number of aromatic nitrogens is 1. The normalized spacial score (nSPS) is 15.9. The first-order valence-corrected chi connectivity index (χ1v) is 6.85. The van der Waals surface area contributed by atoms with Gasteiger partial charge in [0.15, 0.2) is 0 Å². The molecule has 1 amide bonds. The van der Waals surface area contributed by atoms with Crippen LogP contribution >= 0.6 is 0 Å². The molecule has 0 aromatic carbocycles. The second kappa shape index (κ2) is 4.36. The van der Waals surface area contributed by atoms with Crippen LogP contribution in [0.4, 0.5) is 11.4 Å². The van der Waals surface area contributed by atoms with E-state index in [1.807, 2.05) is 46.4 Å². The van der Waals surface area contributed by atoms with E-state index in [-0.39, 0.29) is 29.1 Å². The summed E-state index contributed by atoms with van der Waals surface area (Å²) in [4.78, 5) is 26.5. The molecule has 2 rings (SSSR count). The summed E-state index contributed by atoms with van der Waals surface area (Å²) < 4.78 is 1.71. The quantitative estimate of drug-likeness (QED) is 0.790. The third-order valence-corrected chi connectivity index (χ3v) is 3.44. The molecule has 0 atom stereocenters. The van der Waals surface area contributed by atoms with E-state index in [0.717, 1.165) is 0 Å². The highest BCUT2D eigenvalue weighted by Crippen LogP contribution is 2.31. The van der Waals surface area contributed by atoms with Crippen molar-refractivity contribution >= 4 is 17.3 Å². The highest BCUT2D eigenvalue weighted by Gasteiger charge is 2.33. The van der Waals surface area contributed by atoms with Crippen LogP contribution in [-0.4, -0.2) is 22.6 Å². The van der Waals surface area contributed by atoms with Gasteiger partial charge in [0.2, 0.25) is 5.91 Å². The molecule has 0 unspecified atom stereocenters. The van der Waals surface area contributed by atoms with Crippen molar-refractivity contribution in [2.75, 3.05) is 16.8 Å². The molecule has 1 aliphatic rings. The number of carbonyl (C=O) groups excluding carboxylic acids is 1. The summed E-state index contributed by atoms with van der Waals surface area (Å²) in [5, 5.41) is 2.79. The minimum atomic E-state index is -0.295. The van der Waals surface area contributed by atoms with E-state index in [9.17, 15) is 9.59 Å². The third-order valence-electron chi connectivity index (χ3n) is 3.44. The van der Waals surface area contributed by atoms with Gasteiger partial charge >= 0.3 is 0 Å². The fourth-order valence-electron chi connectivity index (χ4n) is 2.40. The van der Waals surface area contributed by atoms with Gasteiger partial charge < -0.3 is 14.8 Å². The Balaban J connectivity index is 2.70. The maximum atomic E-state index is 12.8. The molecule has 1 aromatic heterocycles. The number of carbonyl (C=O) groups is 1. The van der Waals surface area contributed by atoms with Crippen molar-refractivity contribution in [3.63, 3.8) is 0 Å². The molecule has 0 aliphatic carbocycles. The summed E-state index contributed by atoms with van der Waals surface area (Å²) in [6, 6.07) is 1.80. The van der Waals surface area contributed by atoms with Crippen molar-refractivity contribution in [1.82, 2.24) is 4.57 Å². The van der Waals surface area contributed by atoms with E-state index in [1.165, 1.54) is 0 Å². The smallest absolute Gasteiger partial charge is 0.276 e. The molecule has 2 heterocycles. The number of nitrogens with one attached hydrogen (secondary N) is 1. The SMILES string of the molecule is CC(C)(C)N1CC(=O)Nc2ccn(C(C)(C)C)c(=O)c21. The monoisotopic (exact) mass is 277 g/mol. The molecule has 0 fully saturated rings. The molecule has 5 heteroatoms. The molecule has 0 spiro atoms. The zero-order chi connectivity index (χ0) is 15.3. The van der Waals surface area contributed by atoms with Crippen LogP contribution in [-0.2, 0) is 10.3 Å². The van der Waals surface area contributed by atoms with E-state index >= 15 is 0 Å². The topological polar surface area (TPSA) is 54.3 Å². The first-order valence-electron chi connectivity index (χ1n) is 6.85. The molecule has 1 aromatic rings. The summed E-state index contributed by atoms with van der Waals surface area (Å²) >= 11 is 0. The molecular weight excluding hydrogens is 254 g/mol. The van der Waals surface area contributed by atoms with Gasteiger partial charge in [0, 0.05) is 17.3 Å². The van der Waals surface area contributed by atoms with Crippen LogP contribution in [0.3, 0.4) is 0 Å². The zero-order valence-corrected chi connectivity index (χ0v) is 13.1. The van der Waals surface area contributed by atoms with Crippen LogP contribution in [0.1, 0.15) is 41.5 Å². The third kappa shape index (κ3) is 2.44. The first kappa shape index (κ1) is 14.6. The minimum absolute atomic E-state index is 0.0649. The molecule has 1 aliphatic heterocycles. The van der Waals surface area contributed by atoms with Crippen molar-refractivity contribution in [3.05, 3.63) is 22.6 Å². The van der Waals surface area contributed by atoms with Gasteiger partial charge in [-0.25, -0.2) is 0 Å². The van der Waals surface area contributed by atoms with Crippen molar-refractivity contribution in [2.45, 2.75) is 52.6 Å². The lowest BCUT2D eigenvalue weighted by Crippen LogP contribution is -2.52. The van der Waals surface area contributed by atoms with Gasteiger partial charge in [-0.05, 0) is 47.6 Å². The van der Waals surface area contributed by atoms with Crippen molar-refractivity contribution in [1.29, 1.82) is 0 Å². The van der Waals surface area contributed by atoms with Crippen LogP contribution in [0, 0.1) is 0 Å². The molecule has 1 N–H and O–H groups in total. The van der Waals surface area contributed by atoms with E-state index < -0.39 is 0 Å². The first-order chi connectivity index (χ1) is 9.01. The molecule has 0 radical (unpaired) electrons. The molecule has 0 saturated heterocycles. The van der Waals surface area contributed by atoms with Crippen LogP contribution in [0.15, 0.2) is 17.1 Å². The summed E-state index contributed by atoms with van der Waals surface area (Å²) in [7, 11) is 0. The molecular formula is C15H23N3O2. The summed E-state index contributed by atoms with van der Waals surface area (Å²) in [6.07, 6.45) is 1.74. The van der Waals surface area contributed by atoms with E-state index in [2.05, 4.69) is 5.32 Å². The van der Waals surface area contributed by atoms with Crippen molar-refractivity contribution in [3.8, 4) is 0 Å². The number of fused-ring (bicyclic) bond motifs is 1. The number of amides is 1. The molecule has 110 valence electrons. The summed E-state index contributed by atoms with van der Waals surface area (Å²) in [6.45, 7) is 12.2. The average molecular weight is 277 g/mol. The number of anilines is 2. The van der Waals surface area contributed by atoms with Crippen molar-refractivity contribution in [2.24, 2.45) is 0 Å². The highest BCUT2D eigenvalue weighted by molar-refractivity contribution is 6.01. The van der Waals surface area contributed by atoms with Crippen LogP contribution in [0.25, 0.3) is 0 Å². The van der Waals surface area contributed by atoms with E-state index in [0.29, 0.717) is 11.4 Å². The van der Waals surface area contributed by atoms with Gasteiger partial charge in [-0.15, -0.1) is 0 Å². The lowest BCUT2D eigenvalue weighted by molar-refractivity contribution is -0.115. The maximum Gasteiger partial charge on any atom is 0.276 e. The van der Waals surface area contributed by atoms with Gasteiger partial charge in [-0.1, -0.05) is 0 Å². The van der Waals surface area contributed by atoms with Crippen molar-refractivity contribution < 1.29 is 4.79 Å². The standard InChI is InChI=1S/C15H23N3O2/c1-14(2,3)17-8-7-10-12(13(17)20)18(15(4,5)6)9-11(19)16-10/h7-8H,9H2,1-6H3,(H,16,19). The Morgan fingerprint density at radius 1 is 1.05 bits per heavy atom. The zero-order valence-electron chi connectivity index (χ0n) is 13.1. The Kier molecular flexibility index (Phi) is 3.19. The predicted molar refractivity (Wildman–Crippen MR) is 81.4 cm³/mol. The number of pyridine rings is 1. The predicted octanol–water partition coefficient (Wildman–Crippen LogP) is 2.16. The number of rotatable bonds is 0. The van der Waals surface area contributed by atoms with Gasteiger partial charge in [0.1, 0.15) is 5.69 Å². The maximum absolute atomic E-state index is 12.8. The Morgan fingerprint density at radius 3 is 2.15 bits per heavy atom. The van der Waals surface area contributed by atoms with Gasteiger partial charge in [0.25, 0.3) is 5.56 Å². The Labute approximate surface area is 119 Å². The molecule has 5 nitrogen and oxygen atoms in total. The Hall–Kier alpha value is -1.78. The Bertz CT molecular complexity index is 603. The summed E-state index contributed by atoms with van der Waals surface area (Å²) in [5.41, 5.74) is 0.529. The van der Waals surface area contributed by atoms with Crippen LogP contribution in [0.5, 0.6) is 0 Å². The lowest BCUT2D eigenvalue weighted by Gasteiger charge is -2.41. The number of nitrogens with zero attached hydrogens (tertiary/aromatic N) is 2. The largest absolute Gasteiger partial charge is 0.351 e. The van der Waals surface area contributed by atoms with E-state index in [4.69, 9.17) is 0 Å². The second-order valence-corrected chi connectivity index (χ2v) is 7.23. The molecule has 0 bridgehead atoms. The Morgan fingerprint density at radius 2 is 1.65 bits per heavy atom. The van der Waals surface area contributed by atoms with Gasteiger partial charge in [-0.2, -0.15) is 0 Å². The molecule has 20 heavy (non-hydrogen) atoms. The number of hydrogen-bond donors (Lipinski definition) is 1. The minimum Gasteiger partial charge on any atom is -0.351 e. The highest BCUT2D eigenvalue weighted by atomic mass is 16.2. The number of hydrogen-bond acceptors (Lipinski definition) is 3. The van der Waals surface area contributed by atoms with E-state index in [1.54, 1.807) is 16.8 Å². The van der Waals surface area contributed by atoms with Gasteiger partial charge in [-0.3, -0.25) is 9.59 Å². The molecule has 0 saturated carbocycles. The van der Waals surface area contributed by atoms with Crippen LogP contribution < -0.4 is 15.8 Å². The fourth-order valence-corrected chi connectivity index (χ4v) is 2.40.